The summed E-state index contributed by atoms with van der Waals surface area (Å²) >= 11 is 7.55. The van der Waals surface area contributed by atoms with Crippen LogP contribution in [0.3, 0.4) is 0 Å². The number of hydrogen-bond acceptors (Lipinski definition) is 3. The number of benzene rings is 3. The Morgan fingerprint density at radius 3 is 2.38 bits per heavy atom. The monoisotopic (exact) mass is 377 g/mol. The lowest BCUT2D eigenvalue weighted by Crippen LogP contribution is -2.17. The summed E-state index contributed by atoms with van der Waals surface area (Å²) in [4.78, 5) is 16.1. The third kappa shape index (κ3) is 3.55. The third-order valence-electron chi connectivity index (χ3n) is 4.20. The number of halogens is 1. The van der Waals surface area contributed by atoms with Crippen molar-refractivity contribution in [2.45, 2.75) is 11.4 Å². The van der Waals surface area contributed by atoms with Gasteiger partial charge in [0.15, 0.2) is 5.78 Å². The van der Waals surface area contributed by atoms with Gasteiger partial charge in [0.05, 0.1) is 10.7 Å². The first-order valence-electron chi connectivity index (χ1n) is 8.31. The Morgan fingerprint density at radius 1 is 0.923 bits per heavy atom. The van der Waals surface area contributed by atoms with Crippen LogP contribution < -0.4 is 4.90 Å². The second kappa shape index (κ2) is 7.40. The molecular weight excluding hydrogens is 362 g/mol. The summed E-state index contributed by atoms with van der Waals surface area (Å²) in [6.07, 6.45) is 1.72. The Morgan fingerprint density at radius 2 is 1.62 bits per heavy atom. The predicted octanol–water partition coefficient (Wildman–Crippen LogP) is 6.18. The van der Waals surface area contributed by atoms with E-state index in [4.69, 9.17) is 11.6 Å². The van der Waals surface area contributed by atoms with E-state index >= 15 is 0 Å². The normalized spacial score (nSPS) is 14.5. The number of allylic oxidation sites excluding steroid dienone is 1. The lowest BCUT2D eigenvalue weighted by Gasteiger charge is -2.20. The molecule has 0 N–H and O–H groups in total. The highest BCUT2D eigenvalue weighted by atomic mass is 35.5. The van der Waals surface area contributed by atoms with Crippen molar-refractivity contribution < 1.29 is 4.79 Å². The van der Waals surface area contributed by atoms with Crippen LogP contribution >= 0.6 is 23.4 Å². The Labute approximate surface area is 162 Å². The van der Waals surface area contributed by atoms with Crippen molar-refractivity contribution in [1.82, 2.24) is 0 Å². The van der Waals surface area contributed by atoms with Crippen molar-refractivity contribution in [3.05, 3.63) is 106 Å². The summed E-state index contributed by atoms with van der Waals surface area (Å²) in [6, 6.07) is 25.5. The molecule has 0 amide bonds. The molecule has 128 valence electrons. The molecule has 0 bridgehead atoms. The number of ketones is 1. The van der Waals surface area contributed by atoms with Crippen LogP contribution in [0.2, 0.25) is 5.02 Å². The number of para-hydroxylation sites is 1. The van der Waals surface area contributed by atoms with Gasteiger partial charge in [-0.1, -0.05) is 65.8 Å². The SMILES string of the molecule is O=C(C=C1Sc2ccccc2N1Cc1ccccc1)c1ccc(Cl)cc1. The maximum atomic E-state index is 12.7. The van der Waals surface area contributed by atoms with Crippen molar-refractivity contribution in [2.24, 2.45) is 0 Å². The van der Waals surface area contributed by atoms with E-state index in [1.807, 2.05) is 30.3 Å². The van der Waals surface area contributed by atoms with E-state index in [0.29, 0.717) is 10.6 Å². The molecule has 4 rings (SSSR count). The third-order valence-corrected chi connectivity index (χ3v) is 5.57. The van der Waals surface area contributed by atoms with E-state index in [2.05, 4.69) is 29.2 Å². The Kier molecular flexibility index (Phi) is 4.83. The van der Waals surface area contributed by atoms with Crippen molar-refractivity contribution in [3.8, 4) is 0 Å². The van der Waals surface area contributed by atoms with Crippen molar-refractivity contribution >= 4 is 34.8 Å². The Bertz CT molecular complexity index is 967. The maximum Gasteiger partial charge on any atom is 0.188 e. The van der Waals surface area contributed by atoms with Crippen molar-refractivity contribution in [2.75, 3.05) is 4.90 Å². The minimum absolute atomic E-state index is 0.0185. The summed E-state index contributed by atoms with van der Waals surface area (Å²) in [5, 5.41) is 1.57. The van der Waals surface area contributed by atoms with Crippen LogP contribution in [-0.2, 0) is 6.54 Å². The van der Waals surface area contributed by atoms with Gasteiger partial charge in [0, 0.05) is 28.1 Å². The van der Waals surface area contributed by atoms with E-state index < -0.39 is 0 Å². The minimum Gasteiger partial charge on any atom is -0.330 e. The molecule has 4 heteroatoms. The molecule has 3 aromatic carbocycles. The van der Waals surface area contributed by atoms with Gasteiger partial charge in [-0.15, -0.1) is 0 Å². The minimum atomic E-state index is -0.0185. The number of nitrogens with zero attached hydrogens (tertiary/aromatic N) is 1. The van der Waals surface area contributed by atoms with Crippen LogP contribution in [0.1, 0.15) is 15.9 Å². The zero-order valence-electron chi connectivity index (χ0n) is 13.9. The van der Waals surface area contributed by atoms with Crippen LogP contribution in [0.25, 0.3) is 0 Å². The fourth-order valence-electron chi connectivity index (χ4n) is 2.90. The molecule has 0 saturated heterocycles. The highest BCUT2D eigenvalue weighted by Gasteiger charge is 2.25. The standard InChI is InChI=1S/C22H16ClNOS/c23-18-12-10-17(11-13-18)20(25)14-22-24(15-16-6-2-1-3-7-16)19-8-4-5-9-21(19)26-22/h1-14H,15H2. The van der Waals surface area contributed by atoms with Gasteiger partial charge in [-0.3, -0.25) is 4.79 Å². The molecule has 1 aliphatic rings. The second-order valence-electron chi connectivity index (χ2n) is 6.00. The molecule has 3 aromatic rings. The molecule has 1 aliphatic heterocycles. The number of thioether (sulfide) groups is 1. The van der Waals surface area contributed by atoms with Crippen LogP contribution in [-0.4, -0.2) is 5.78 Å². The lowest BCUT2D eigenvalue weighted by molar-refractivity contribution is 0.104. The maximum absolute atomic E-state index is 12.7. The molecule has 26 heavy (non-hydrogen) atoms. The molecule has 0 atom stereocenters. The number of hydrogen-bond donors (Lipinski definition) is 0. The zero-order chi connectivity index (χ0) is 17.9. The van der Waals surface area contributed by atoms with Crippen LogP contribution in [0.15, 0.2) is 94.9 Å². The van der Waals surface area contributed by atoms with Crippen LogP contribution in [0, 0.1) is 0 Å². The van der Waals surface area contributed by atoms with Gasteiger partial charge >= 0.3 is 0 Å². The van der Waals surface area contributed by atoms with Crippen molar-refractivity contribution in [1.29, 1.82) is 0 Å². The number of rotatable bonds is 4. The van der Waals surface area contributed by atoms with Gasteiger partial charge in [-0.2, -0.15) is 0 Å². The predicted molar refractivity (Wildman–Crippen MR) is 109 cm³/mol. The lowest BCUT2D eigenvalue weighted by atomic mass is 10.1. The van der Waals surface area contributed by atoms with Gasteiger partial charge in [0.2, 0.25) is 0 Å². The van der Waals surface area contributed by atoms with Gasteiger partial charge in [-0.25, -0.2) is 0 Å². The Balaban J connectivity index is 1.67. The summed E-state index contributed by atoms with van der Waals surface area (Å²) < 4.78 is 0. The van der Waals surface area contributed by atoms with E-state index in [1.165, 1.54) is 10.5 Å². The molecule has 0 aliphatic carbocycles. The molecule has 0 spiro atoms. The molecule has 0 saturated carbocycles. The Hall–Kier alpha value is -2.49. The average molecular weight is 378 g/mol. The highest BCUT2D eigenvalue weighted by Crippen LogP contribution is 2.46. The molecular formula is C22H16ClNOS. The number of carbonyl (C=O) groups is 1. The highest BCUT2D eigenvalue weighted by molar-refractivity contribution is 8.03. The van der Waals surface area contributed by atoms with Gasteiger partial charge in [0.25, 0.3) is 0 Å². The van der Waals surface area contributed by atoms with Gasteiger partial charge in [0.1, 0.15) is 0 Å². The topological polar surface area (TPSA) is 20.3 Å². The molecule has 2 nitrogen and oxygen atoms in total. The average Bonchev–Trinajstić information content (AvgIpc) is 3.00. The van der Waals surface area contributed by atoms with Crippen molar-refractivity contribution in [3.63, 3.8) is 0 Å². The van der Waals surface area contributed by atoms with E-state index in [1.54, 1.807) is 42.1 Å². The molecule has 0 fully saturated rings. The van der Waals surface area contributed by atoms with Gasteiger partial charge in [-0.05, 0) is 42.0 Å². The summed E-state index contributed by atoms with van der Waals surface area (Å²) in [6.45, 7) is 0.727. The zero-order valence-corrected chi connectivity index (χ0v) is 15.5. The fraction of sp³-hybridized carbons (Fsp3) is 0.0455. The van der Waals surface area contributed by atoms with Crippen LogP contribution in [0.4, 0.5) is 5.69 Å². The first-order valence-corrected chi connectivity index (χ1v) is 9.50. The smallest absolute Gasteiger partial charge is 0.188 e. The number of fused-ring (bicyclic) bond motifs is 1. The fourth-order valence-corrected chi connectivity index (χ4v) is 4.12. The number of carbonyl (C=O) groups excluding carboxylic acids is 1. The first-order chi connectivity index (χ1) is 12.7. The molecule has 0 aromatic heterocycles. The largest absolute Gasteiger partial charge is 0.330 e. The molecule has 0 unspecified atom stereocenters. The molecule has 0 radical (unpaired) electrons. The quantitative estimate of drug-likeness (QED) is 0.400. The van der Waals surface area contributed by atoms with Gasteiger partial charge < -0.3 is 4.90 Å². The summed E-state index contributed by atoms with van der Waals surface area (Å²) in [5.74, 6) is -0.0185. The first kappa shape index (κ1) is 17.0. The summed E-state index contributed by atoms with van der Waals surface area (Å²) in [7, 11) is 0. The summed E-state index contributed by atoms with van der Waals surface area (Å²) in [5.41, 5.74) is 2.98. The van der Waals surface area contributed by atoms with Crippen LogP contribution in [0.5, 0.6) is 0 Å². The van der Waals surface area contributed by atoms with E-state index in [-0.39, 0.29) is 5.78 Å². The number of anilines is 1. The van der Waals surface area contributed by atoms with E-state index in [9.17, 15) is 4.79 Å². The van der Waals surface area contributed by atoms with E-state index in [0.717, 1.165) is 17.3 Å². The second-order valence-corrected chi connectivity index (χ2v) is 7.49. The molecule has 1 heterocycles.